The number of para-hydroxylation sites is 1. The van der Waals surface area contributed by atoms with Crippen LogP contribution in [0.1, 0.15) is 25.3 Å². The molecule has 0 aliphatic heterocycles. The van der Waals surface area contributed by atoms with Gasteiger partial charge < -0.3 is 26.8 Å². The van der Waals surface area contributed by atoms with Crippen molar-refractivity contribution in [1.82, 2.24) is 15.6 Å². The Balaban J connectivity index is 0.000000324. The van der Waals surface area contributed by atoms with Crippen molar-refractivity contribution in [3.05, 3.63) is 36.0 Å². The minimum Gasteiger partial charge on any atom is -0.368 e. The second kappa shape index (κ2) is 11.3. The first kappa shape index (κ1) is 22.6. The number of Topliss-reactive ketones (excluding diaryl/α,β-unsaturated/α-hetero) is 1. The van der Waals surface area contributed by atoms with Gasteiger partial charge in [0.2, 0.25) is 17.7 Å². The first-order valence-corrected chi connectivity index (χ1v) is 8.63. The highest BCUT2D eigenvalue weighted by molar-refractivity contribution is 6.26. The van der Waals surface area contributed by atoms with Crippen molar-refractivity contribution < 1.29 is 19.2 Å². The van der Waals surface area contributed by atoms with Crippen molar-refractivity contribution in [2.75, 3.05) is 6.54 Å². The van der Waals surface area contributed by atoms with E-state index in [1.807, 2.05) is 12.3 Å². The molecular weight excluding hydrogens is 362 g/mol. The topological polar surface area (TPSA) is 158 Å². The van der Waals surface area contributed by atoms with Gasteiger partial charge in [0, 0.05) is 30.4 Å². The van der Waals surface area contributed by atoms with Gasteiger partial charge in [-0.3, -0.25) is 19.2 Å². The summed E-state index contributed by atoms with van der Waals surface area (Å²) in [6.07, 6.45) is 2.63. The van der Waals surface area contributed by atoms with Crippen molar-refractivity contribution >= 4 is 40.6 Å². The summed E-state index contributed by atoms with van der Waals surface area (Å²) < 4.78 is 0. The molecular formula is C19H25N5O4. The van der Waals surface area contributed by atoms with E-state index in [1.54, 1.807) is 0 Å². The number of aromatic nitrogens is 1. The van der Waals surface area contributed by atoms with Crippen LogP contribution in [-0.2, 0) is 19.2 Å². The predicted molar refractivity (Wildman–Crippen MR) is 106 cm³/mol. The normalized spacial score (nSPS) is 10.9. The predicted octanol–water partition coefficient (Wildman–Crippen LogP) is 0.568. The molecule has 2 aromatic rings. The summed E-state index contributed by atoms with van der Waals surface area (Å²) in [5.74, 6) is -2.18. The minimum atomic E-state index is -0.991. The number of hydrogen-bond donors (Lipinski definition) is 5. The van der Waals surface area contributed by atoms with Crippen molar-refractivity contribution in [3.63, 3.8) is 0 Å². The average Bonchev–Trinajstić information content (AvgIpc) is 3.04. The largest absolute Gasteiger partial charge is 0.368 e. The van der Waals surface area contributed by atoms with Crippen LogP contribution in [0.4, 0.5) is 0 Å². The van der Waals surface area contributed by atoms with E-state index in [0.717, 1.165) is 0 Å². The SMILES string of the molecule is CC(=O)NCC(=O)NC(CCC(=O)C=N)C(N)=O.Cc1c[nH]c2ccccc12. The smallest absolute Gasteiger partial charge is 0.240 e. The Bertz CT molecular complexity index is 859. The summed E-state index contributed by atoms with van der Waals surface area (Å²) >= 11 is 0. The number of amides is 3. The third-order valence-corrected chi connectivity index (χ3v) is 3.81. The Morgan fingerprint density at radius 3 is 2.50 bits per heavy atom. The van der Waals surface area contributed by atoms with Gasteiger partial charge in [-0.15, -0.1) is 0 Å². The van der Waals surface area contributed by atoms with Crippen molar-refractivity contribution in [1.29, 1.82) is 5.41 Å². The summed E-state index contributed by atoms with van der Waals surface area (Å²) in [6, 6.07) is 7.32. The molecule has 0 saturated heterocycles. The van der Waals surface area contributed by atoms with E-state index in [0.29, 0.717) is 6.21 Å². The maximum absolute atomic E-state index is 11.3. The molecule has 6 N–H and O–H groups in total. The second-order valence-electron chi connectivity index (χ2n) is 6.10. The van der Waals surface area contributed by atoms with E-state index in [-0.39, 0.29) is 25.3 Å². The van der Waals surface area contributed by atoms with Gasteiger partial charge in [-0.25, -0.2) is 0 Å². The lowest BCUT2D eigenvalue weighted by molar-refractivity contribution is -0.128. The van der Waals surface area contributed by atoms with Crippen LogP contribution in [0.2, 0.25) is 0 Å². The minimum absolute atomic E-state index is 0.0232. The molecule has 0 saturated carbocycles. The van der Waals surface area contributed by atoms with Crippen LogP contribution in [0.3, 0.4) is 0 Å². The molecule has 150 valence electrons. The highest BCUT2D eigenvalue weighted by Gasteiger charge is 2.18. The zero-order valence-electron chi connectivity index (χ0n) is 15.9. The molecule has 0 radical (unpaired) electrons. The van der Waals surface area contributed by atoms with Crippen molar-refractivity contribution in [3.8, 4) is 0 Å². The number of ketones is 1. The van der Waals surface area contributed by atoms with E-state index in [4.69, 9.17) is 11.1 Å². The van der Waals surface area contributed by atoms with Crippen LogP contribution in [0.25, 0.3) is 10.9 Å². The molecule has 1 aromatic heterocycles. The molecule has 0 bridgehead atoms. The van der Waals surface area contributed by atoms with Crippen molar-refractivity contribution in [2.45, 2.75) is 32.7 Å². The first-order chi connectivity index (χ1) is 13.2. The second-order valence-corrected chi connectivity index (χ2v) is 6.10. The van der Waals surface area contributed by atoms with E-state index >= 15 is 0 Å². The van der Waals surface area contributed by atoms with Crippen LogP contribution in [0, 0.1) is 12.3 Å². The van der Waals surface area contributed by atoms with Crippen LogP contribution in [0.5, 0.6) is 0 Å². The lowest BCUT2D eigenvalue weighted by atomic mass is 10.1. The molecule has 2 rings (SSSR count). The molecule has 1 atom stereocenters. The van der Waals surface area contributed by atoms with Gasteiger partial charge in [0.15, 0.2) is 5.78 Å². The molecule has 1 heterocycles. The number of nitrogens with two attached hydrogens (primary N) is 1. The van der Waals surface area contributed by atoms with Gasteiger partial charge in [0.05, 0.1) is 12.8 Å². The fraction of sp³-hybridized carbons (Fsp3) is 0.316. The fourth-order valence-corrected chi connectivity index (χ4v) is 2.31. The van der Waals surface area contributed by atoms with Crippen LogP contribution < -0.4 is 16.4 Å². The summed E-state index contributed by atoms with van der Waals surface area (Å²) in [7, 11) is 0. The molecule has 0 aliphatic carbocycles. The number of H-pyrrole nitrogens is 1. The number of rotatable bonds is 8. The standard InChI is InChI=1S/C10H16N4O4.C9H9N/c1-6(15)13-5-9(17)14-8(10(12)18)3-2-7(16)4-11;1-7-6-10-9-5-3-2-4-8(7)9/h4,8,11H,2-3,5H2,1H3,(H2,12,18)(H,13,15)(H,14,17);2-6,10H,1H3. The first-order valence-electron chi connectivity index (χ1n) is 8.63. The highest BCUT2D eigenvalue weighted by atomic mass is 16.2. The Hall–Kier alpha value is -3.49. The molecule has 9 nitrogen and oxygen atoms in total. The van der Waals surface area contributed by atoms with Gasteiger partial charge in [-0.05, 0) is 25.0 Å². The average molecular weight is 387 g/mol. The third kappa shape index (κ3) is 7.81. The van der Waals surface area contributed by atoms with Gasteiger partial charge >= 0.3 is 0 Å². The number of primary amides is 1. The quantitative estimate of drug-likeness (QED) is 0.419. The van der Waals surface area contributed by atoms with Gasteiger partial charge in [-0.1, -0.05) is 18.2 Å². The molecule has 1 aromatic carbocycles. The Morgan fingerprint density at radius 2 is 1.93 bits per heavy atom. The lowest BCUT2D eigenvalue weighted by Gasteiger charge is -2.14. The van der Waals surface area contributed by atoms with Gasteiger partial charge in [0.25, 0.3) is 0 Å². The Morgan fingerprint density at radius 1 is 1.25 bits per heavy atom. The molecule has 9 heteroatoms. The van der Waals surface area contributed by atoms with E-state index in [2.05, 4.69) is 40.7 Å². The summed E-state index contributed by atoms with van der Waals surface area (Å²) in [6.45, 7) is 3.10. The van der Waals surface area contributed by atoms with Crippen LogP contribution in [0.15, 0.2) is 30.5 Å². The van der Waals surface area contributed by atoms with E-state index in [1.165, 1.54) is 23.4 Å². The highest BCUT2D eigenvalue weighted by Crippen LogP contribution is 2.15. The maximum Gasteiger partial charge on any atom is 0.240 e. The molecule has 3 amide bonds. The van der Waals surface area contributed by atoms with Crippen LogP contribution in [-0.4, -0.2) is 47.3 Å². The summed E-state index contributed by atoms with van der Waals surface area (Å²) in [5.41, 5.74) is 7.60. The third-order valence-electron chi connectivity index (χ3n) is 3.81. The monoisotopic (exact) mass is 387 g/mol. The molecule has 0 fully saturated rings. The summed E-state index contributed by atoms with van der Waals surface area (Å²) in [5, 5.41) is 12.6. The lowest BCUT2D eigenvalue weighted by Crippen LogP contribution is -2.47. The number of hydrogen-bond acceptors (Lipinski definition) is 5. The zero-order chi connectivity index (χ0) is 21.1. The fourth-order valence-electron chi connectivity index (χ4n) is 2.31. The van der Waals surface area contributed by atoms with Gasteiger partial charge in [-0.2, -0.15) is 0 Å². The number of carbonyl (C=O) groups is 4. The number of benzene rings is 1. The Kier molecular flexibility index (Phi) is 9.08. The number of nitrogens with one attached hydrogen (secondary N) is 4. The van der Waals surface area contributed by atoms with Gasteiger partial charge in [0.1, 0.15) is 6.04 Å². The number of aromatic amines is 1. The summed E-state index contributed by atoms with van der Waals surface area (Å²) in [4.78, 5) is 47.0. The molecule has 0 spiro atoms. The van der Waals surface area contributed by atoms with Crippen molar-refractivity contribution in [2.24, 2.45) is 5.73 Å². The van der Waals surface area contributed by atoms with Crippen LogP contribution >= 0.6 is 0 Å². The number of fused-ring (bicyclic) bond motifs is 1. The number of aryl methyl sites for hydroxylation is 1. The molecule has 28 heavy (non-hydrogen) atoms. The maximum atomic E-state index is 11.3. The molecule has 0 aliphatic rings. The van der Waals surface area contributed by atoms with E-state index in [9.17, 15) is 19.2 Å². The molecule has 1 unspecified atom stereocenters. The Labute approximate surface area is 162 Å². The van der Waals surface area contributed by atoms with E-state index < -0.39 is 23.6 Å². The zero-order valence-corrected chi connectivity index (χ0v) is 15.9. The number of carbonyl (C=O) groups excluding carboxylic acids is 4.